The molecule has 2 aliphatic rings. The second-order valence-corrected chi connectivity index (χ2v) is 9.37. The summed E-state index contributed by atoms with van der Waals surface area (Å²) in [7, 11) is 0. The average molecular weight is 494 g/mol. The van der Waals surface area contributed by atoms with E-state index in [0.717, 1.165) is 55.1 Å². The van der Waals surface area contributed by atoms with E-state index in [0.29, 0.717) is 23.2 Å². The van der Waals surface area contributed by atoms with E-state index in [2.05, 4.69) is 10.3 Å². The Morgan fingerprint density at radius 3 is 2.61 bits per heavy atom. The minimum absolute atomic E-state index is 0.123. The number of anilines is 2. The van der Waals surface area contributed by atoms with Gasteiger partial charge >= 0.3 is 6.18 Å². The number of benzene rings is 2. The molecule has 1 saturated carbocycles. The molecule has 2 aromatic carbocycles. The smallest absolute Gasteiger partial charge is 0.322 e. The minimum Gasteiger partial charge on any atom is -0.322 e. The van der Waals surface area contributed by atoms with Gasteiger partial charge in [0, 0.05) is 41.4 Å². The van der Waals surface area contributed by atoms with Crippen LogP contribution in [0.2, 0.25) is 0 Å². The molecule has 0 bridgehead atoms. The van der Waals surface area contributed by atoms with Crippen LogP contribution in [-0.4, -0.2) is 23.3 Å². The van der Waals surface area contributed by atoms with Gasteiger partial charge in [0.15, 0.2) is 0 Å². The lowest BCUT2D eigenvalue weighted by molar-refractivity contribution is -0.137. The van der Waals surface area contributed by atoms with Gasteiger partial charge in [-0.1, -0.05) is 37.5 Å². The zero-order chi connectivity index (χ0) is 25.3. The first-order valence-corrected chi connectivity index (χ1v) is 12.2. The van der Waals surface area contributed by atoms with Crippen molar-refractivity contribution in [2.75, 3.05) is 16.8 Å². The molecule has 2 heterocycles. The normalized spacial score (nSPS) is 17.8. The molecular weight excluding hydrogens is 467 g/mol. The number of aromatic nitrogens is 1. The van der Waals surface area contributed by atoms with E-state index in [4.69, 9.17) is 0 Å². The van der Waals surface area contributed by atoms with E-state index < -0.39 is 17.6 Å². The summed E-state index contributed by atoms with van der Waals surface area (Å²) >= 11 is 0. The molecule has 0 spiro atoms. The first-order chi connectivity index (χ1) is 17.3. The quantitative estimate of drug-likeness (QED) is 0.419. The summed E-state index contributed by atoms with van der Waals surface area (Å²) in [5.41, 5.74) is 1.80. The van der Waals surface area contributed by atoms with E-state index in [-0.39, 0.29) is 24.1 Å². The minimum atomic E-state index is -4.53. The fourth-order valence-corrected chi connectivity index (χ4v) is 5.12. The summed E-state index contributed by atoms with van der Waals surface area (Å²) in [4.78, 5) is 31.9. The summed E-state index contributed by atoms with van der Waals surface area (Å²) < 4.78 is 40.5. The number of nitrogens with one attached hydrogen (secondary N) is 1. The summed E-state index contributed by atoms with van der Waals surface area (Å²) in [6, 6.07) is 12.6. The maximum absolute atomic E-state index is 13.5. The number of pyridine rings is 1. The van der Waals surface area contributed by atoms with Crippen LogP contribution in [0.1, 0.15) is 49.7 Å². The molecule has 186 valence electrons. The van der Waals surface area contributed by atoms with E-state index in [1.165, 1.54) is 17.0 Å². The number of fused-ring (bicyclic) bond motifs is 2. The lowest BCUT2D eigenvalue weighted by atomic mass is 9.86. The zero-order valence-corrected chi connectivity index (χ0v) is 19.6. The fraction of sp³-hybridized carbons (Fsp3) is 0.321. The van der Waals surface area contributed by atoms with Gasteiger partial charge in [-0.25, -0.2) is 0 Å². The predicted octanol–water partition coefficient (Wildman–Crippen LogP) is 6.59. The van der Waals surface area contributed by atoms with Gasteiger partial charge in [-0.2, -0.15) is 13.2 Å². The summed E-state index contributed by atoms with van der Waals surface area (Å²) in [5.74, 6) is -0.683. The van der Waals surface area contributed by atoms with Crippen LogP contribution in [0.3, 0.4) is 0 Å². The molecular formula is C28H26F3N3O2. The summed E-state index contributed by atoms with van der Waals surface area (Å²) in [6.45, 7) is 0.239. The SMILES string of the molecule is O=C(C=C1CCN(C(=O)C2CCCCC2)c2cc(C(F)(F)F)ccc21)Nc1ccc2cccnc2c1. The Hall–Kier alpha value is -3.68. The highest BCUT2D eigenvalue weighted by Gasteiger charge is 2.35. The van der Waals surface area contributed by atoms with Gasteiger partial charge in [0.2, 0.25) is 11.8 Å². The molecule has 0 atom stereocenters. The van der Waals surface area contributed by atoms with Crippen molar-refractivity contribution in [2.24, 2.45) is 5.92 Å². The molecule has 36 heavy (non-hydrogen) atoms. The number of amides is 2. The van der Waals surface area contributed by atoms with Crippen LogP contribution in [0.5, 0.6) is 0 Å². The Bertz CT molecular complexity index is 1340. The van der Waals surface area contributed by atoms with Crippen LogP contribution in [0.15, 0.2) is 60.8 Å². The highest BCUT2D eigenvalue weighted by molar-refractivity contribution is 6.07. The predicted molar refractivity (Wildman–Crippen MR) is 133 cm³/mol. The maximum Gasteiger partial charge on any atom is 0.416 e. The van der Waals surface area contributed by atoms with Crippen molar-refractivity contribution >= 4 is 39.7 Å². The van der Waals surface area contributed by atoms with Crippen molar-refractivity contribution in [3.8, 4) is 0 Å². The van der Waals surface area contributed by atoms with E-state index >= 15 is 0 Å². The van der Waals surface area contributed by atoms with Crippen LogP contribution in [0.25, 0.3) is 16.5 Å². The number of carbonyl (C=O) groups excluding carboxylic acids is 2. The number of nitrogens with zero attached hydrogens (tertiary/aromatic N) is 2. The third-order valence-electron chi connectivity index (χ3n) is 6.97. The molecule has 1 aliphatic carbocycles. The Morgan fingerprint density at radius 1 is 1.03 bits per heavy atom. The highest BCUT2D eigenvalue weighted by Crippen LogP contribution is 2.41. The van der Waals surface area contributed by atoms with Crippen molar-refractivity contribution in [1.82, 2.24) is 4.98 Å². The number of hydrogen-bond donors (Lipinski definition) is 1. The molecule has 2 amide bonds. The Balaban J connectivity index is 1.44. The van der Waals surface area contributed by atoms with Gasteiger partial charge in [0.25, 0.3) is 0 Å². The van der Waals surface area contributed by atoms with Crippen molar-refractivity contribution in [2.45, 2.75) is 44.7 Å². The molecule has 8 heteroatoms. The Labute approximate surface area is 207 Å². The van der Waals surface area contributed by atoms with Gasteiger partial charge in [-0.3, -0.25) is 14.6 Å². The molecule has 3 aromatic rings. The Kier molecular flexibility index (Phi) is 6.51. The van der Waals surface area contributed by atoms with Crippen molar-refractivity contribution < 1.29 is 22.8 Å². The van der Waals surface area contributed by atoms with Gasteiger partial charge in [-0.15, -0.1) is 0 Å². The largest absolute Gasteiger partial charge is 0.416 e. The van der Waals surface area contributed by atoms with Gasteiger partial charge in [0.05, 0.1) is 16.8 Å². The molecule has 5 rings (SSSR count). The zero-order valence-electron chi connectivity index (χ0n) is 19.6. The van der Waals surface area contributed by atoms with Crippen LogP contribution < -0.4 is 10.2 Å². The average Bonchev–Trinajstić information content (AvgIpc) is 2.88. The first kappa shape index (κ1) is 24.0. The third-order valence-corrected chi connectivity index (χ3v) is 6.97. The maximum atomic E-state index is 13.5. The van der Waals surface area contributed by atoms with Gasteiger partial charge in [0.1, 0.15) is 0 Å². The van der Waals surface area contributed by atoms with Crippen LogP contribution in [-0.2, 0) is 15.8 Å². The van der Waals surface area contributed by atoms with E-state index in [9.17, 15) is 22.8 Å². The highest BCUT2D eigenvalue weighted by atomic mass is 19.4. The molecule has 1 fully saturated rings. The van der Waals surface area contributed by atoms with E-state index in [1.807, 2.05) is 18.2 Å². The van der Waals surface area contributed by atoms with Crippen LogP contribution in [0, 0.1) is 5.92 Å². The number of halogens is 3. The van der Waals surface area contributed by atoms with Crippen LogP contribution in [0.4, 0.5) is 24.5 Å². The summed E-state index contributed by atoms with van der Waals surface area (Å²) in [6.07, 6.45) is 3.44. The number of carbonyl (C=O) groups is 2. The van der Waals surface area contributed by atoms with Gasteiger partial charge < -0.3 is 10.2 Å². The second kappa shape index (κ2) is 9.76. The van der Waals surface area contributed by atoms with Crippen molar-refractivity contribution in [1.29, 1.82) is 0 Å². The second-order valence-electron chi connectivity index (χ2n) is 9.37. The molecule has 0 unspecified atom stereocenters. The molecule has 0 radical (unpaired) electrons. The first-order valence-electron chi connectivity index (χ1n) is 12.2. The molecule has 0 saturated heterocycles. The Morgan fingerprint density at radius 2 is 1.83 bits per heavy atom. The monoisotopic (exact) mass is 493 g/mol. The molecule has 5 nitrogen and oxygen atoms in total. The van der Waals surface area contributed by atoms with Crippen LogP contribution >= 0.6 is 0 Å². The standard InChI is InChI=1S/C28H26F3N3O2/c29-28(30,31)21-9-11-23-20(12-14-34(25(23)16-21)27(36)19-5-2-1-3-6-19)15-26(35)33-22-10-8-18-7-4-13-32-24(18)17-22/h4,7-11,13,15-17,19H,1-3,5-6,12,14H2,(H,33,35). The summed E-state index contributed by atoms with van der Waals surface area (Å²) in [5, 5.41) is 3.76. The lowest BCUT2D eigenvalue weighted by Crippen LogP contribution is -2.40. The number of rotatable bonds is 3. The lowest BCUT2D eigenvalue weighted by Gasteiger charge is -2.35. The topological polar surface area (TPSA) is 62.3 Å². The molecule has 1 aliphatic heterocycles. The van der Waals surface area contributed by atoms with Crippen molar-refractivity contribution in [3.05, 3.63) is 71.9 Å². The third kappa shape index (κ3) is 4.98. The van der Waals surface area contributed by atoms with Crippen molar-refractivity contribution in [3.63, 3.8) is 0 Å². The number of alkyl halides is 3. The fourth-order valence-electron chi connectivity index (χ4n) is 5.12. The number of hydrogen-bond acceptors (Lipinski definition) is 3. The van der Waals surface area contributed by atoms with Gasteiger partial charge in [-0.05, 0) is 55.2 Å². The molecule has 1 aromatic heterocycles. The van der Waals surface area contributed by atoms with E-state index in [1.54, 1.807) is 18.3 Å². The molecule has 1 N–H and O–H groups in total.